The fraction of sp³-hybridized carbons (Fsp3) is 0.692. The van der Waals surface area contributed by atoms with Crippen LogP contribution in [0.3, 0.4) is 0 Å². The normalized spacial score (nSPS) is 16.7. The van der Waals surface area contributed by atoms with Gasteiger partial charge in [0.1, 0.15) is 4.47 Å². The quantitative estimate of drug-likeness (QED) is 0.835. The van der Waals surface area contributed by atoms with E-state index in [2.05, 4.69) is 40.2 Å². The van der Waals surface area contributed by atoms with Crippen LogP contribution < -0.4 is 10.9 Å². The lowest BCUT2D eigenvalue weighted by Gasteiger charge is -2.21. The summed E-state index contributed by atoms with van der Waals surface area (Å²) in [7, 11) is 0. The van der Waals surface area contributed by atoms with E-state index in [9.17, 15) is 4.79 Å². The molecule has 1 saturated carbocycles. The number of rotatable bonds is 6. The van der Waals surface area contributed by atoms with Gasteiger partial charge in [0.2, 0.25) is 0 Å². The molecule has 5 nitrogen and oxygen atoms in total. The molecule has 0 atom stereocenters. The van der Waals surface area contributed by atoms with Gasteiger partial charge in [0.25, 0.3) is 5.56 Å². The third kappa shape index (κ3) is 3.00. The van der Waals surface area contributed by atoms with Crippen LogP contribution in [0.2, 0.25) is 0 Å². The molecular formula is C13H20BrN3O2. The highest BCUT2D eigenvalue weighted by atomic mass is 79.9. The van der Waals surface area contributed by atoms with Crippen LogP contribution in [-0.2, 0) is 6.54 Å². The summed E-state index contributed by atoms with van der Waals surface area (Å²) in [4.78, 5) is 12.0. The van der Waals surface area contributed by atoms with Crippen molar-refractivity contribution >= 4 is 21.6 Å². The summed E-state index contributed by atoms with van der Waals surface area (Å²) in [6.07, 6.45) is 4.12. The maximum atomic E-state index is 12.0. The Morgan fingerprint density at radius 2 is 2.26 bits per heavy atom. The Morgan fingerprint density at radius 3 is 2.79 bits per heavy atom. The average molecular weight is 330 g/mol. The largest absolute Gasteiger partial charge is 0.394 e. The van der Waals surface area contributed by atoms with E-state index in [4.69, 9.17) is 5.11 Å². The van der Waals surface area contributed by atoms with Gasteiger partial charge in [-0.2, -0.15) is 5.10 Å². The standard InChI is InChI=1S/C13H20BrN3O2/c1-9(2)13(3-4-13)8-15-10-7-16-17(5-6-18)12(19)11(10)14/h7,9,15,18H,3-6,8H2,1-2H3. The molecule has 0 aliphatic heterocycles. The molecule has 6 heteroatoms. The smallest absolute Gasteiger partial charge is 0.283 e. The van der Waals surface area contributed by atoms with Gasteiger partial charge in [-0.15, -0.1) is 0 Å². The van der Waals surface area contributed by atoms with Crippen molar-refractivity contribution in [1.82, 2.24) is 9.78 Å². The van der Waals surface area contributed by atoms with E-state index in [1.807, 2.05) is 0 Å². The van der Waals surface area contributed by atoms with Gasteiger partial charge in [-0.05, 0) is 40.1 Å². The number of nitrogens with one attached hydrogen (secondary N) is 1. The minimum atomic E-state index is -0.214. The van der Waals surface area contributed by atoms with Crippen LogP contribution in [0.5, 0.6) is 0 Å². The molecule has 0 aromatic carbocycles. The number of halogens is 1. The molecule has 1 fully saturated rings. The molecular weight excluding hydrogens is 310 g/mol. The van der Waals surface area contributed by atoms with Crippen LogP contribution >= 0.6 is 15.9 Å². The molecule has 1 heterocycles. The Bertz CT molecular complexity index is 509. The summed E-state index contributed by atoms with van der Waals surface area (Å²) < 4.78 is 1.74. The molecule has 106 valence electrons. The summed E-state index contributed by atoms with van der Waals surface area (Å²) >= 11 is 3.31. The van der Waals surface area contributed by atoms with Gasteiger partial charge in [0, 0.05) is 6.54 Å². The van der Waals surface area contributed by atoms with Gasteiger partial charge < -0.3 is 10.4 Å². The Hall–Kier alpha value is -0.880. The maximum Gasteiger partial charge on any atom is 0.283 e. The van der Waals surface area contributed by atoms with Crippen LogP contribution in [-0.4, -0.2) is 28.0 Å². The number of aliphatic hydroxyl groups is 1. The van der Waals surface area contributed by atoms with Crippen LogP contribution in [0, 0.1) is 11.3 Å². The van der Waals surface area contributed by atoms with Crippen LogP contribution in [0.25, 0.3) is 0 Å². The van der Waals surface area contributed by atoms with Gasteiger partial charge in [-0.25, -0.2) is 4.68 Å². The van der Waals surface area contributed by atoms with Gasteiger partial charge in [0.05, 0.1) is 25.0 Å². The average Bonchev–Trinajstić information content (AvgIpc) is 3.15. The first-order valence-corrected chi connectivity index (χ1v) is 7.40. The topological polar surface area (TPSA) is 67.2 Å². The molecule has 0 saturated heterocycles. The number of hydrogen-bond donors (Lipinski definition) is 2. The van der Waals surface area contributed by atoms with Crippen LogP contribution in [0.15, 0.2) is 15.5 Å². The zero-order valence-electron chi connectivity index (χ0n) is 11.3. The predicted molar refractivity (Wildman–Crippen MR) is 78.3 cm³/mol. The summed E-state index contributed by atoms with van der Waals surface area (Å²) in [5.74, 6) is 0.640. The van der Waals surface area contributed by atoms with E-state index in [1.165, 1.54) is 17.5 Å². The monoisotopic (exact) mass is 329 g/mol. The molecule has 0 radical (unpaired) electrons. The van der Waals surface area contributed by atoms with Crippen molar-refractivity contribution in [2.75, 3.05) is 18.5 Å². The van der Waals surface area contributed by atoms with Crippen LogP contribution in [0.1, 0.15) is 26.7 Å². The van der Waals surface area contributed by atoms with Crippen molar-refractivity contribution in [3.63, 3.8) is 0 Å². The number of anilines is 1. The van der Waals surface area contributed by atoms with Crippen LogP contribution in [0.4, 0.5) is 5.69 Å². The van der Waals surface area contributed by atoms with Crippen molar-refractivity contribution in [2.45, 2.75) is 33.2 Å². The van der Waals surface area contributed by atoms with Gasteiger partial charge in [-0.3, -0.25) is 4.79 Å². The molecule has 1 aromatic rings. The lowest BCUT2D eigenvalue weighted by Crippen LogP contribution is -2.27. The Balaban J connectivity index is 2.10. The fourth-order valence-electron chi connectivity index (χ4n) is 2.23. The van der Waals surface area contributed by atoms with Crippen molar-refractivity contribution < 1.29 is 5.11 Å². The number of aliphatic hydroxyl groups excluding tert-OH is 1. The fourth-order valence-corrected chi connectivity index (χ4v) is 2.68. The molecule has 1 aliphatic carbocycles. The van der Waals surface area contributed by atoms with E-state index in [-0.39, 0.29) is 18.7 Å². The molecule has 0 bridgehead atoms. The van der Waals surface area contributed by atoms with E-state index in [0.29, 0.717) is 15.8 Å². The molecule has 1 aliphatic rings. The van der Waals surface area contributed by atoms with E-state index in [1.54, 1.807) is 6.20 Å². The zero-order chi connectivity index (χ0) is 14.0. The third-order valence-electron chi connectivity index (χ3n) is 4.04. The number of nitrogens with zero attached hydrogens (tertiary/aromatic N) is 2. The van der Waals surface area contributed by atoms with Crippen molar-refractivity contribution in [3.8, 4) is 0 Å². The third-order valence-corrected chi connectivity index (χ3v) is 4.81. The second-order valence-electron chi connectivity index (χ2n) is 5.49. The molecule has 0 spiro atoms. The Labute approximate surface area is 121 Å². The van der Waals surface area contributed by atoms with Gasteiger partial charge >= 0.3 is 0 Å². The lowest BCUT2D eigenvalue weighted by molar-refractivity contribution is 0.266. The summed E-state index contributed by atoms with van der Waals surface area (Å²) in [6, 6.07) is 0. The molecule has 19 heavy (non-hydrogen) atoms. The van der Waals surface area contributed by atoms with E-state index >= 15 is 0 Å². The Morgan fingerprint density at radius 1 is 1.58 bits per heavy atom. The second kappa shape index (κ2) is 5.63. The maximum absolute atomic E-state index is 12.0. The molecule has 0 unspecified atom stereocenters. The molecule has 2 N–H and O–H groups in total. The summed E-state index contributed by atoms with van der Waals surface area (Å²) in [6.45, 7) is 5.47. The van der Waals surface area contributed by atoms with Gasteiger partial charge in [-0.1, -0.05) is 13.8 Å². The van der Waals surface area contributed by atoms with Gasteiger partial charge in [0.15, 0.2) is 0 Å². The van der Waals surface area contributed by atoms with E-state index in [0.717, 1.165) is 12.2 Å². The SMILES string of the molecule is CC(C)C1(CNc2cnn(CCO)c(=O)c2Br)CC1. The highest BCUT2D eigenvalue weighted by molar-refractivity contribution is 9.10. The zero-order valence-corrected chi connectivity index (χ0v) is 12.9. The van der Waals surface area contributed by atoms with Crippen molar-refractivity contribution in [1.29, 1.82) is 0 Å². The molecule has 2 rings (SSSR count). The lowest BCUT2D eigenvalue weighted by atomic mass is 9.92. The first-order valence-electron chi connectivity index (χ1n) is 6.60. The minimum absolute atomic E-state index is 0.0947. The number of aromatic nitrogens is 2. The highest BCUT2D eigenvalue weighted by Gasteiger charge is 2.45. The first-order chi connectivity index (χ1) is 9.00. The first kappa shape index (κ1) is 14.5. The summed E-state index contributed by atoms with van der Waals surface area (Å²) in [5, 5.41) is 16.2. The second-order valence-corrected chi connectivity index (χ2v) is 6.29. The van der Waals surface area contributed by atoms with E-state index < -0.39 is 0 Å². The molecule has 1 aromatic heterocycles. The predicted octanol–water partition coefficient (Wildman–Crippen LogP) is 1.85. The summed E-state index contributed by atoms with van der Waals surface area (Å²) in [5.41, 5.74) is 0.888. The Kier molecular flexibility index (Phi) is 4.30. The van der Waals surface area contributed by atoms with Crippen molar-refractivity contribution in [2.24, 2.45) is 11.3 Å². The van der Waals surface area contributed by atoms with Crippen molar-refractivity contribution in [3.05, 3.63) is 21.0 Å². The molecule has 0 amide bonds. The number of hydrogen-bond acceptors (Lipinski definition) is 4. The minimum Gasteiger partial charge on any atom is -0.394 e. The highest BCUT2D eigenvalue weighted by Crippen LogP contribution is 2.51.